The molecule has 8 aromatic heterocycles. The summed E-state index contributed by atoms with van der Waals surface area (Å²) in [7, 11) is 8.64. The van der Waals surface area contributed by atoms with E-state index in [0.717, 1.165) is 0 Å². The number of fused-ring (bicyclic) bond motifs is 2. The van der Waals surface area contributed by atoms with E-state index in [1.165, 1.54) is 168 Å². The molecule has 0 bridgehead atoms. The highest BCUT2D eigenvalue weighted by molar-refractivity contribution is 5.94. The highest BCUT2D eigenvalue weighted by Gasteiger charge is 2.31. The van der Waals surface area contributed by atoms with Gasteiger partial charge in [0.05, 0.1) is 22.4 Å². The lowest BCUT2D eigenvalue weighted by atomic mass is 9.92. The maximum atomic E-state index is 2.55. The summed E-state index contributed by atoms with van der Waals surface area (Å²) >= 11 is 0. The summed E-state index contributed by atoms with van der Waals surface area (Å²) in [6, 6.07) is 71.5. The second kappa shape index (κ2) is 35.9. The van der Waals surface area contributed by atoms with Gasteiger partial charge in [0.1, 0.15) is 51.0 Å². The van der Waals surface area contributed by atoms with Crippen LogP contribution in [0, 0.1) is 27.7 Å². The van der Waals surface area contributed by atoms with E-state index in [-0.39, 0.29) is 0 Å². The van der Waals surface area contributed by atoms with Gasteiger partial charge in [-0.3, -0.25) is 0 Å². The summed E-state index contributed by atoms with van der Waals surface area (Å²) in [5.41, 5.74) is 37.0. The van der Waals surface area contributed by atoms with Gasteiger partial charge in [-0.05, 0) is 203 Å². The van der Waals surface area contributed by atoms with Crippen molar-refractivity contribution in [3.63, 3.8) is 0 Å². The van der Waals surface area contributed by atoms with E-state index in [4.69, 9.17) is 0 Å². The maximum absolute atomic E-state index is 2.55. The zero-order valence-corrected chi connectivity index (χ0v) is 74.3. The fraction of sp³-hybridized carbons (Fsp3) is 0.358. The fourth-order valence-corrected chi connectivity index (χ4v) is 16.8. The molecule has 114 heavy (non-hydrogen) atoms. The Balaban J connectivity index is 0.000000150. The molecular formula is C106H132N8+4. The molecule has 8 nitrogen and oxygen atoms in total. The van der Waals surface area contributed by atoms with Crippen LogP contribution in [0.1, 0.15) is 276 Å². The Morgan fingerprint density at radius 1 is 0.254 bits per heavy atom. The number of hydrogen-bond donors (Lipinski definition) is 0. The normalized spacial score (nSPS) is 11.8. The fourth-order valence-electron chi connectivity index (χ4n) is 16.8. The van der Waals surface area contributed by atoms with Crippen LogP contribution in [0.3, 0.4) is 0 Å². The van der Waals surface area contributed by atoms with E-state index in [1.54, 1.807) is 0 Å². The number of rotatable bonds is 18. The maximum Gasteiger partial charge on any atom is 0.229 e. The molecule has 0 aliphatic heterocycles. The molecule has 0 atom stereocenters. The van der Waals surface area contributed by atoms with Gasteiger partial charge in [0.25, 0.3) is 0 Å². The molecule has 0 aliphatic carbocycles. The highest BCUT2D eigenvalue weighted by Crippen LogP contribution is 2.43. The minimum Gasteiger partial charge on any atom is -0.311 e. The molecule has 0 fully saturated rings. The van der Waals surface area contributed by atoms with E-state index in [0.29, 0.717) is 59.2 Å². The Morgan fingerprint density at radius 3 is 1.00 bits per heavy atom. The topological polar surface area (TPSA) is 35.2 Å². The molecule has 0 N–H and O–H groups in total. The predicted octanol–water partition coefficient (Wildman–Crippen LogP) is 26.6. The summed E-state index contributed by atoms with van der Waals surface area (Å²) < 4.78 is 18.9. The summed E-state index contributed by atoms with van der Waals surface area (Å²) in [4.78, 5) is 0. The lowest BCUT2D eigenvalue weighted by Crippen LogP contribution is -2.32. The largest absolute Gasteiger partial charge is 0.311 e. The lowest BCUT2D eigenvalue weighted by molar-refractivity contribution is -0.661. The van der Waals surface area contributed by atoms with E-state index in [1.807, 2.05) is 0 Å². The third-order valence-corrected chi connectivity index (χ3v) is 23.5. The van der Waals surface area contributed by atoms with Crippen molar-refractivity contribution >= 4 is 21.8 Å². The van der Waals surface area contributed by atoms with Crippen LogP contribution in [-0.4, -0.2) is 18.3 Å². The first-order valence-electron chi connectivity index (χ1n) is 42.2. The number of hydrogen-bond acceptors (Lipinski definition) is 0. The molecule has 8 heterocycles. The molecule has 14 rings (SSSR count). The molecular weight excluding hydrogens is 1390 g/mol. The van der Waals surface area contributed by atoms with Crippen LogP contribution in [0.4, 0.5) is 0 Å². The van der Waals surface area contributed by atoms with Gasteiger partial charge in [-0.1, -0.05) is 248 Å². The molecule has 0 spiro atoms. The summed E-state index contributed by atoms with van der Waals surface area (Å²) in [5, 5.41) is 2.64. The molecule has 592 valence electrons. The quantitative estimate of drug-likeness (QED) is 0.0768. The van der Waals surface area contributed by atoms with E-state index >= 15 is 0 Å². The Hall–Kier alpha value is -10.4. The Labute approximate surface area is 685 Å². The summed E-state index contributed by atoms with van der Waals surface area (Å²) in [6.45, 7) is 54.4. The highest BCUT2D eigenvalue weighted by atomic mass is 15.1. The molecule has 8 heteroatoms. The van der Waals surface area contributed by atoms with Gasteiger partial charge in [0.15, 0.2) is 24.8 Å². The molecule has 0 radical (unpaired) electrons. The molecule has 14 aromatic rings. The standard InChI is InChI=1S/C30H37N2.C27H31N2.C26H35N2.C23H29N2/c1-19(2)23-16-17-31(8)28(18-23)29-22(7)26-12-9-10-15-27(26)32(29)30-24(20(3)4)13-11-14-25(30)21(5)6;1-18(2)21-15-16-26(28(6)17-21)27-20(5)23-12-8-10-14-25(23)29(27)24-13-9-7-11-22(24)19(3)4;1-17(2)21-12-13-24(27(8)16-21)25-20(7)14-15-28(25)26-22(18(3)4)10-9-11-23(26)19(5)6;1-16(2)19-11-12-22(24(6)15-19)23-18(5)13-14-25(23)21-10-8-7-9-20(21)17(3)4/h9-21H,1-8H3;7-19H,1-6H3;9-19H,1-8H3;7-17H,1-6H3/q4*+1. The Morgan fingerprint density at radius 2 is 0.588 bits per heavy atom. The van der Waals surface area contributed by atoms with Crippen LogP contribution in [0.5, 0.6) is 0 Å². The molecule has 6 aromatic carbocycles. The SMILES string of the molecule is Cc1c(-c2cc(C(C)C)cc[n+]2C)n(-c2c(C(C)C)cccc2C(C)C)c2ccccc12.Cc1c(-c2ccc(C(C)C)c[n+]2C)n(-c2ccccc2C(C)C)c2ccccc12.Cc1ccn(-c2c(C(C)C)cccc2C(C)C)c1-c1ccc(C(C)C)c[n+]1C.Cc1ccn(-c2ccccc2C(C)C)c1-c1ccc(C(C)C)c[n+]1C. The van der Waals surface area contributed by atoms with Gasteiger partial charge in [0, 0.05) is 81.6 Å². The Kier molecular flexibility index (Phi) is 26.6. The predicted molar refractivity (Wildman–Crippen MR) is 484 cm³/mol. The third kappa shape index (κ3) is 17.3. The minimum atomic E-state index is 0.439. The van der Waals surface area contributed by atoms with Crippen molar-refractivity contribution in [2.45, 2.75) is 225 Å². The number of benzene rings is 6. The van der Waals surface area contributed by atoms with Crippen LogP contribution < -0.4 is 18.3 Å². The van der Waals surface area contributed by atoms with E-state index in [9.17, 15) is 0 Å². The zero-order valence-electron chi connectivity index (χ0n) is 74.3. The third-order valence-electron chi connectivity index (χ3n) is 23.5. The smallest absolute Gasteiger partial charge is 0.229 e. The number of nitrogens with zero attached hydrogens (tertiary/aromatic N) is 8. The number of pyridine rings is 4. The minimum absolute atomic E-state index is 0.439. The van der Waals surface area contributed by atoms with Gasteiger partial charge in [-0.25, -0.2) is 0 Å². The van der Waals surface area contributed by atoms with Crippen molar-refractivity contribution < 1.29 is 18.3 Å². The van der Waals surface area contributed by atoms with Gasteiger partial charge >= 0.3 is 0 Å². The first-order valence-corrected chi connectivity index (χ1v) is 42.2. The van der Waals surface area contributed by atoms with Crippen LogP contribution in [0.15, 0.2) is 231 Å². The molecule has 0 saturated carbocycles. The van der Waals surface area contributed by atoms with Gasteiger partial charge < -0.3 is 18.3 Å². The molecule has 0 aliphatic rings. The molecule has 0 saturated heterocycles. The van der Waals surface area contributed by atoms with Crippen molar-refractivity contribution in [1.82, 2.24) is 18.3 Å². The van der Waals surface area contributed by atoms with Crippen LogP contribution in [-0.2, 0) is 28.2 Å². The molecule has 0 amide bonds. The van der Waals surface area contributed by atoms with Crippen LogP contribution in [0.2, 0.25) is 0 Å². The monoisotopic (exact) mass is 1520 g/mol. The first-order chi connectivity index (χ1) is 54.2. The van der Waals surface area contributed by atoms with Crippen molar-refractivity contribution in [2.75, 3.05) is 0 Å². The van der Waals surface area contributed by atoms with Crippen molar-refractivity contribution in [1.29, 1.82) is 0 Å². The van der Waals surface area contributed by atoms with Crippen molar-refractivity contribution in [2.24, 2.45) is 28.2 Å². The van der Waals surface area contributed by atoms with Gasteiger partial charge in [0.2, 0.25) is 22.8 Å². The second-order valence-electron chi connectivity index (χ2n) is 35.2. The number of para-hydroxylation sites is 6. The van der Waals surface area contributed by atoms with E-state index < -0.39 is 0 Å². The van der Waals surface area contributed by atoms with Crippen molar-refractivity contribution in [3.8, 4) is 68.3 Å². The molecule has 0 unspecified atom stereocenters. The van der Waals surface area contributed by atoms with Crippen molar-refractivity contribution in [3.05, 3.63) is 309 Å². The first kappa shape index (κ1) is 84.5. The number of aromatic nitrogens is 8. The second-order valence-corrected chi connectivity index (χ2v) is 35.2. The van der Waals surface area contributed by atoms with Crippen LogP contribution >= 0.6 is 0 Å². The number of aryl methyl sites for hydroxylation is 8. The lowest BCUT2D eigenvalue weighted by Gasteiger charge is -2.23. The van der Waals surface area contributed by atoms with Gasteiger partial charge in [-0.15, -0.1) is 0 Å². The van der Waals surface area contributed by atoms with E-state index in [2.05, 4.69) is 462 Å². The zero-order chi connectivity index (χ0) is 82.6. The average molecular weight is 1520 g/mol. The van der Waals surface area contributed by atoms with Gasteiger partial charge in [-0.2, -0.15) is 18.3 Å². The van der Waals surface area contributed by atoms with Crippen LogP contribution in [0.25, 0.3) is 90.1 Å². The average Bonchev–Trinajstić information content (AvgIpc) is 1.58. The summed E-state index contributed by atoms with van der Waals surface area (Å²) in [6.07, 6.45) is 13.5. The Bertz CT molecular complexity index is 5650. The summed E-state index contributed by atoms with van der Waals surface area (Å²) in [5.74, 6) is 4.84.